The summed E-state index contributed by atoms with van der Waals surface area (Å²) in [6.07, 6.45) is 1.54. The summed E-state index contributed by atoms with van der Waals surface area (Å²) in [5, 5.41) is 5.81. The third kappa shape index (κ3) is 2.93. The van der Waals surface area contributed by atoms with Crippen molar-refractivity contribution in [1.82, 2.24) is 15.3 Å². The number of amides is 1. The van der Waals surface area contributed by atoms with Crippen LogP contribution < -0.4 is 10.6 Å². The molecular weight excluding hydrogens is 360 g/mol. The minimum atomic E-state index is -0.151. The first kappa shape index (κ1) is 12.3. The van der Waals surface area contributed by atoms with Crippen molar-refractivity contribution in [3.63, 3.8) is 0 Å². The first-order valence-corrected chi connectivity index (χ1v) is 7.21. The van der Waals surface area contributed by atoms with Gasteiger partial charge < -0.3 is 5.32 Å². The second-order valence-corrected chi connectivity index (χ2v) is 5.69. The molecule has 2 rings (SSSR count). The van der Waals surface area contributed by atoms with Crippen LogP contribution in [0.4, 0.5) is 5.82 Å². The summed E-state index contributed by atoms with van der Waals surface area (Å²) in [6, 6.07) is -0.151. The summed E-state index contributed by atoms with van der Waals surface area (Å²) in [7, 11) is 0. The Labute approximate surface area is 113 Å². The first-order chi connectivity index (χ1) is 7.66. The fourth-order valence-corrected chi connectivity index (χ4v) is 3.05. The monoisotopic (exact) mass is 366 g/mol. The molecule has 0 spiro atoms. The molecule has 1 aliphatic heterocycles. The Bertz CT molecular complexity index is 411. The van der Waals surface area contributed by atoms with Crippen LogP contribution in [0.1, 0.15) is 0 Å². The number of nitrogens with zero attached hydrogens (tertiary/aromatic N) is 2. The molecule has 1 aliphatic rings. The fourth-order valence-electron chi connectivity index (χ4n) is 1.20. The van der Waals surface area contributed by atoms with E-state index in [-0.39, 0.29) is 11.9 Å². The lowest BCUT2D eigenvalue weighted by Crippen LogP contribution is -2.37. The lowest BCUT2D eigenvalue weighted by molar-refractivity contribution is -0.117. The summed E-state index contributed by atoms with van der Waals surface area (Å²) in [6.45, 7) is 0. The molecule has 2 N–H and O–H groups in total. The third-order valence-electron chi connectivity index (χ3n) is 1.97. The third-order valence-corrected chi connectivity index (χ3v) is 3.85. The predicted molar refractivity (Wildman–Crippen MR) is 70.3 cm³/mol. The average molecular weight is 368 g/mol. The van der Waals surface area contributed by atoms with Crippen molar-refractivity contribution in [1.29, 1.82) is 0 Å². The molecule has 1 aromatic heterocycles. The number of thioether (sulfide) groups is 1. The number of aromatic nitrogens is 2. The molecule has 0 aromatic carbocycles. The Morgan fingerprint density at radius 2 is 2.44 bits per heavy atom. The smallest absolute Gasteiger partial charge is 0.243 e. The maximum atomic E-state index is 11.8. The molecule has 1 unspecified atom stereocenters. The van der Waals surface area contributed by atoms with Gasteiger partial charge in [-0.1, -0.05) is 0 Å². The van der Waals surface area contributed by atoms with Crippen LogP contribution in [0.25, 0.3) is 0 Å². The SMILES string of the molecule is O=C(Nc1ncc(Br)nc1Br)C1CSCN1. The lowest BCUT2D eigenvalue weighted by atomic mass is 10.3. The zero-order valence-corrected chi connectivity index (χ0v) is 12.0. The van der Waals surface area contributed by atoms with Crippen LogP contribution in [0.5, 0.6) is 0 Å². The van der Waals surface area contributed by atoms with Crippen LogP contribution in [0.2, 0.25) is 0 Å². The van der Waals surface area contributed by atoms with E-state index >= 15 is 0 Å². The molecule has 0 aliphatic carbocycles. The Morgan fingerprint density at radius 1 is 1.62 bits per heavy atom. The lowest BCUT2D eigenvalue weighted by Gasteiger charge is -2.10. The second-order valence-electron chi connectivity index (χ2n) is 3.09. The van der Waals surface area contributed by atoms with Crippen LogP contribution in [-0.4, -0.2) is 33.5 Å². The van der Waals surface area contributed by atoms with Crippen LogP contribution in [-0.2, 0) is 4.79 Å². The van der Waals surface area contributed by atoms with E-state index in [0.717, 1.165) is 11.6 Å². The van der Waals surface area contributed by atoms with E-state index in [0.29, 0.717) is 15.0 Å². The number of hydrogen-bond acceptors (Lipinski definition) is 5. The fraction of sp³-hybridized carbons (Fsp3) is 0.375. The summed E-state index contributed by atoms with van der Waals surface area (Å²) < 4.78 is 1.13. The van der Waals surface area contributed by atoms with Gasteiger partial charge in [0.05, 0.1) is 12.2 Å². The van der Waals surface area contributed by atoms with Gasteiger partial charge in [0.1, 0.15) is 9.21 Å². The van der Waals surface area contributed by atoms with Crippen molar-refractivity contribution in [3.05, 3.63) is 15.4 Å². The molecule has 1 amide bonds. The van der Waals surface area contributed by atoms with Crippen molar-refractivity contribution in [2.75, 3.05) is 16.9 Å². The van der Waals surface area contributed by atoms with E-state index in [1.165, 1.54) is 6.20 Å². The largest absolute Gasteiger partial charge is 0.307 e. The van der Waals surface area contributed by atoms with Crippen LogP contribution in [0.3, 0.4) is 0 Å². The molecule has 1 saturated heterocycles. The standard InChI is InChI=1S/C8H8Br2N4OS/c9-5-1-11-7(6(10)13-5)14-8(15)4-2-16-3-12-4/h1,4,12H,2-3H2,(H,11,14,15). The first-order valence-electron chi connectivity index (χ1n) is 4.47. The highest BCUT2D eigenvalue weighted by atomic mass is 79.9. The molecule has 8 heteroatoms. The Hall–Kier alpha value is -0.180. The zero-order valence-electron chi connectivity index (χ0n) is 8.04. The second kappa shape index (κ2) is 5.44. The topological polar surface area (TPSA) is 66.9 Å². The van der Waals surface area contributed by atoms with E-state index in [1.54, 1.807) is 11.8 Å². The van der Waals surface area contributed by atoms with Crippen molar-refractivity contribution >= 4 is 55.3 Å². The molecule has 0 radical (unpaired) electrons. The van der Waals surface area contributed by atoms with E-state index in [4.69, 9.17) is 0 Å². The summed E-state index contributed by atoms with van der Waals surface area (Å²) >= 11 is 8.14. The van der Waals surface area contributed by atoms with Gasteiger partial charge in [0.2, 0.25) is 5.91 Å². The minimum Gasteiger partial charge on any atom is -0.307 e. The van der Waals surface area contributed by atoms with Gasteiger partial charge in [0, 0.05) is 11.6 Å². The molecule has 1 fully saturated rings. The average Bonchev–Trinajstić information content (AvgIpc) is 2.75. The van der Waals surface area contributed by atoms with Crippen LogP contribution in [0.15, 0.2) is 15.4 Å². The molecule has 5 nitrogen and oxygen atoms in total. The van der Waals surface area contributed by atoms with E-state index in [1.807, 2.05) is 0 Å². The van der Waals surface area contributed by atoms with Gasteiger partial charge in [-0.15, -0.1) is 11.8 Å². The predicted octanol–water partition coefficient (Wildman–Crippen LogP) is 1.60. The number of hydrogen-bond donors (Lipinski definition) is 2. The molecule has 86 valence electrons. The summed E-state index contributed by atoms with van der Waals surface area (Å²) in [4.78, 5) is 19.9. The zero-order chi connectivity index (χ0) is 11.5. The number of carbonyl (C=O) groups is 1. The Morgan fingerprint density at radius 3 is 3.06 bits per heavy atom. The van der Waals surface area contributed by atoms with E-state index in [2.05, 4.69) is 52.5 Å². The number of nitrogens with one attached hydrogen (secondary N) is 2. The molecular formula is C8H8Br2N4OS. The van der Waals surface area contributed by atoms with Crippen molar-refractivity contribution in [2.24, 2.45) is 0 Å². The van der Waals surface area contributed by atoms with Gasteiger partial charge in [0.25, 0.3) is 0 Å². The number of halogens is 2. The molecule has 16 heavy (non-hydrogen) atoms. The Kier molecular flexibility index (Phi) is 4.17. The van der Waals surface area contributed by atoms with Crippen LogP contribution in [0, 0.1) is 0 Å². The molecule has 1 aromatic rings. The number of carbonyl (C=O) groups excluding carboxylic acids is 1. The number of rotatable bonds is 2. The molecule has 0 bridgehead atoms. The van der Waals surface area contributed by atoms with Crippen molar-refractivity contribution < 1.29 is 4.79 Å². The van der Waals surface area contributed by atoms with Crippen molar-refractivity contribution in [3.8, 4) is 0 Å². The molecule has 0 saturated carbocycles. The van der Waals surface area contributed by atoms with Gasteiger partial charge in [-0.2, -0.15) is 0 Å². The van der Waals surface area contributed by atoms with E-state index in [9.17, 15) is 4.79 Å². The van der Waals surface area contributed by atoms with Crippen LogP contribution >= 0.6 is 43.6 Å². The van der Waals surface area contributed by atoms with E-state index < -0.39 is 0 Å². The summed E-state index contributed by atoms with van der Waals surface area (Å²) in [5.41, 5.74) is 0. The summed E-state index contributed by atoms with van der Waals surface area (Å²) in [5.74, 6) is 1.95. The molecule has 2 heterocycles. The quantitative estimate of drug-likeness (QED) is 0.831. The van der Waals surface area contributed by atoms with Gasteiger partial charge >= 0.3 is 0 Å². The van der Waals surface area contributed by atoms with Gasteiger partial charge in [-0.25, -0.2) is 9.97 Å². The van der Waals surface area contributed by atoms with Gasteiger partial charge in [-0.05, 0) is 31.9 Å². The Balaban J connectivity index is 2.05. The maximum absolute atomic E-state index is 11.8. The normalized spacial score (nSPS) is 19.8. The minimum absolute atomic E-state index is 0.0812. The highest BCUT2D eigenvalue weighted by molar-refractivity contribution is 9.11. The van der Waals surface area contributed by atoms with Crippen molar-refractivity contribution in [2.45, 2.75) is 6.04 Å². The highest BCUT2D eigenvalue weighted by Gasteiger charge is 2.23. The van der Waals surface area contributed by atoms with Gasteiger partial charge in [-0.3, -0.25) is 10.1 Å². The maximum Gasteiger partial charge on any atom is 0.243 e. The molecule has 1 atom stereocenters. The number of anilines is 1. The van der Waals surface area contributed by atoms with Gasteiger partial charge in [0.15, 0.2) is 5.82 Å². The highest BCUT2D eigenvalue weighted by Crippen LogP contribution is 2.20.